The molecule has 218 valence electrons. The minimum atomic E-state index is -1.44. The number of carbonyl (C=O) groups is 1. The Morgan fingerprint density at radius 1 is 1.20 bits per heavy atom. The highest BCUT2D eigenvalue weighted by Gasteiger charge is 2.23. The standard InChI is InChI=1S/C28H31FN4O7S/c1-4-36-20-15-21(24(29)22(16-20)37-13-14-39-23-7-5-6-12-38-23)25(27(41-3)32-28(34)35)31-19-10-8-18(9-11-19)26-30-17(2)40-33-26/h8-11,15-16,23H,4-7,12-14H2,1-3H3,(H,34,35). The first-order chi connectivity index (χ1) is 19.9. The summed E-state index contributed by atoms with van der Waals surface area (Å²) in [6, 6.07) is 9.68. The molecule has 0 spiro atoms. The number of hydrogen-bond donors (Lipinski definition) is 1. The number of hydrogen-bond acceptors (Lipinski definition) is 10. The molecule has 0 saturated carbocycles. The van der Waals surface area contributed by atoms with Gasteiger partial charge in [0.2, 0.25) is 11.7 Å². The first kappa shape index (κ1) is 30.2. The van der Waals surface area contributed by atoms with Gasteiger partial charge in [0, 0.05) is 30.7 Å². The van der Waals surface area contributed by atoms with Gasteiger partial charge in [-0.3, -0.25) is 0 Å². The van der Waals surface area contributed by atoms with E-state index in [2.05, 4.69) is 20.1 Å². The Balaban J connectivity index is 1.67. The first-order valence-corrected chi connectivity index (χ1v) is 14.3. The van der Waals surface area contributed by atoms with Crippen LogP contribution in [0.15, 0.2) is 50.9 Å². The van der Waals surface area contributed by atoms with Crippen molar-refractivity contribution in [1.82, 2.24) is 10.1 Å². The van der Waals surface area contributed by atoms with E-state index in [-0.39, 0.29) is 41.6 Å². The summed E-state index contributed by atoms with van der Waals surface area (Å²) in [6.45, 7) is 4.71. The maximum absolute atomic E-state index is 16.0. The van der Waals surface area contributed by atoms with Gasteiger partial charge in [0.05, 0.1) is 18.9 Å². The second-order valence-corrected chi connectivity index (χ2v) is 9.57. The van der Waals surface area contributed by atoms with Crippen molar-refractivity contribution in [2.45, 2.75) is 39.4 Å². The van der Waals surface area contributed by atoms with Crippen molar-refractivity contribution in [3.8, 4) is 22.9 Å². The molecule has 1 N–H and O–H groups in total. The summed E-state index contributed by atoms with van der Waals surface area (Å²) in [7, 11) is 0. The fraction of sp³-hybridized carbons (Fsp3) is 0.393. The molecule has 4 rings (SSSR count). The van der Waals surface area contributed by atoms with Gasteiger partial charge < -0.3 is 28.6 Å². The molecular formula is C28H31FN4O7S. The molecule has 0 bridgehead atoms. The van der Waals surface area contributed by atoms with Crippen LogP contribution in [-0.4, -0.2) is 71.1 Å². The van der Waals surface area contributed by atoms with E-state index in [4.69, 9.17) is 23.5 Å². The Morgan fingerprint density at radius 2 is 2.00 bits per heavy atom. The van der Waals surface area contributed by atoms with E-state index in [0.29, 0.717) is 41.9 Å². The molecule has 2 aromatic carbocycles. The number of nitrogens with zero attached hydrogens (tertiary/aromatic N) is 4. The largest absolute Gasteiger partial charge is 0.494 e. The van der Waals surface area contributed by atoms with Gasteiger partial charge >= 0.3 is 6.09 Å². The summed E-state index contributed by atoms with van der Waals surface area (Å²) in [4.78, 5) is 24.0. The topological polar surface area (TPSA) is 138 Å². The van der Waals surface area contributed by atoms with Crippen molar-refractivity contribution >= 4 is 34.3 Å². The van der Waals surface area contributed by atoms with Crippen LogP contribution in [0.4, 0.5) is 14.9 Å². The summed E-state index contributed by atoms with van der Waals surface area (Å²) in [5.74, 6) is 0.321. The Bertz CT molecular complexity index is 1390. The SMILES string of the molecule is CCOc1cc(OCCOC2CCCCO2)c(F)c(C(=Nc2ccc(-c3noc(C)n3)cc2)C(=NC(=O)O)SC)c1. The van der Waals surface area contributed by atoms with Gasteiger partial charge in [0.1, 0.15) is 23.1 Å². The molecule has 1 amide bonds. The quantitative estimate of drug-likeness (QED) is 0.160. The fourth-order valence-electron chi connectivity index (χ4n) is 4.01. The Kier molecular flexibility index (Phi) is 10.8. The first-order valence-electron chi connectivity index (χ1n) is 13.1. The lowest BCUT2D eigenvalue weighted by atomic mass is 10.1. The van der Waals surface area contributed by atoms with Crippen molar-refractivity contribution < 1.29 is 37.8 Å². The third kappa shape index (κ3) is 8.35. The number of thioether (sulfide) groups is 1. The molecule has 41 heavy (non-hydrogen) atoms. The molecule has 13 heteroatoms. The van der Waals surface area contributed by atoms with Gasteiger partial charge in [-0.25, -0.2) is 14.2 Å². The lowest BCUT2D eigenvalue weighted by molar-refractivity contribution is -0.165. The molecule has 1 fully saturated rings. The van der Waals surface area contributed by atoms with Crippen LogP contribution in [0.2, 0.25) is 0 Å². The van der Waals surface area contributed by atoms with Gasteiger partial charge in [-0.15, -0.1) is 11.8 Å². The highest BCUT2D eigenvalue weighted by molar-refractivity contribution is 8.15. The normalized spacial score (nSPS) is 16.0. The van der Waals surface area contributed by atoms with Gasteiger partial charge in [-0.1, -0.05) is 5.16 Å². The van der Waals surface area contributed by atoms with E-state index in [9.17, 15) is 9.90 Å². The van der Waals surface area contributed by atoms with Crippen molar-refractivity contribution in [2.75, 3.05) is 32.7 Å². The summed E-state index contributed by atoms with van der Waals surface area (Å²) in [5, 5.41) is 13.3. The number of aromatic nitrogens is 2. The van der Waals surface area contributed by atoms with Gasteiger partial charge in [-0.05, 0) is 62.8 Å². The molecule has 1 aliphatic rings. The lowest BCUT2D eigenvalue weighted by Gasteiger charge is -2.22. The third-order valence-corrected chi connectivity index (χ3v) is 6.52. The number of rotatable bonds is 11. The van der Waals surface area contributed by atoms with E-state index < -0.39 is 11.9 Å². The fourth-order valence-corrected chi connectivity index (χ4v) is 4.53. The molecule has 0 aliphatic carbocycles. The second kappa shape index (κ2) is 14.7. The molecule has 1 aromatic heterocycles. The number of aliphatic imine (C=N–C) groups is 2. The van der Waals surface area contributed by atoms with Crippen LogP contribution in [0.5, 0.6) is 11.5 Å². The predicted octanol–water partition coefficient (Wildman–Crippen LogP) is 6.07. The Labute approximate surface area is 240 Å². The van der Waals surface area contributed by atoms with Crippen LogP contribution in [0, 0.1) is 12.7 Å². The second-order valence-electron chi connectivity index (χ2n) is 8.78. The molecule has 1 saturated heterocycles. The zero-order valence-electron chi connectivity index (χ0n) is 23.0. The van der Waals surface area contributed by atoms with E-state index in [1.54, 1.807) is 44.4 Å². The van der Waals surface area contributed by atoms with E-state index in [0.717, 1.165) is 31.0 Å². The summed E-state index contributed by atoms with van der Waals surface area (Å²) < 4.78 is 43.7. The van der Waals surface area contributed by atoms with Gasteiger partial charge in [-0.2, -0.15) is 9.98 Å². The smallest absolute Gasteiger partial charge is 0.432 e. The van der Waals surface area contributed by atoms with Crippen molar-refractivity contribution in [3.05, 3.63) is 53.7 Å². The van der Waals surface area contributed by atoms with Crippen molar-refractivity contribution in [1.29, 1.82) is 0 Å². The average Bonchev–Trinajstić information content (AvgIpc) is 3.41. The Hall–Kier alpha value is -3.81. The molecule has 2 heterocycles. The van der Waals surface area contributed by atoms with Crippen LogP contribution >= 0.6 is 11.8 Å². The molecule has 0 radical (unpaired) electrons. The average molecular weight is 587 g/mol. The minimum Gasteiger partial charge on any atom is -0.494 e. The van der Waals surface area contributed by atoms with Gasteiger partial charge in [0.25, 0.3) is 0 Å². The van der Waals surface area contributed by atoms with E-state index in [1.165, 1.54) is 12.1 Å². The molecule has 11 nitrogen and oxygen atoms in total. The summed E-state index contributed by atoms with van der Waals surface area (Å²) in [5.41, 5.74) is 1.07. The number of aryl methyl sites for hydroxylation is 1. The summed E-state index contributed by atoms with van der Waals surface area (Å²) >= 11 is 1.02. The highest BCUT2D eigenvalue weighted by atomic mass is 32.2. The maximum Gasteiger partial charge on any atom is 0.432 e. The van der Waals surface area contributed by atoms with Crippen LogP contribution in [0.1, 0.15) is 37.6 Å². The van der Waals surface area contributed by atoms with Gasteiger partial charge in [0.15, 0.2) is 17.9 Å². The number of amides is 1. The molecule has 1 aliphatic heterocycles. The lowest BCUT2D eigenvalue weighted by Crippen LogP contribution is -2.24. The third-order valence-electron chi connectivity index (χ3n) is 5.85. The Morgan fingerprint density at radius 3 is 2.63 bits per heavy atom. The van der Waals surface area contributed by atoms with Crippen molar-refractivity contribution in [2.24, 2.45) is 9.98 Å². The number of halogens is 1. The molecule has 1 unspecified atom stereocenters. The predicted molar refractivity (Wildman–Crippen MR) is 152 cm³/mol. The monoisotopic (exact) mass is 586 g/mol. The molecule has 1 atom stereocenters. The molecule has 3 aromatic rings. The van der Waals surface area contributed by atoms with Crippen LogP contribution in [-0.2, 0) is 9.47 Å². The maximum atomic E-state index is 16.0. The number of carboxylic acid groups (broad SMARTS) is 1. The van der Waals surface area contributed by atoms with E-state index in [1.807, 2.05) is 0 Å². The van der Waals surface area contributed by atoms with E-state index >= 15 is 4.39 Å². The summed E-state index contributed by atoms with van der Waals surface area (Å²) in [6.07, 6.45) is 2.72. The number of benzene rings is 2. The van der Waals surface area contributed by atoms with Crippen LogP contribution in [0.3, 0.4) is 0 Å². The van der Waals surface area contributed by atoms with Crippen LogP contribution in [0.25, 0.3) is 11.4 Å². The van der Waals surface area contributed by atoms with Crippen LogP contribution < -0.4 is 9.47 Å². The molecular weight excluding hydrogens is 555 g/mol. The zero-order valence-corrected chi connectivity index (χ0v) is 23.8. The minimum absolute atomic E-state index is 0.00110. The zero-order chi connectivity index (χ0) is 29.2. The van der Waals surface area contributed by atoms with Crippen molar-refractivity contribution in [3.63, 3.8) is 0 Å². The highest BCUT2D eigenvalue weighted by Crippen LogP contribution is 2.31. The number of ether oxygens (including phenoxy) is 4.